The zero-order valence-corrected chi connectivity index (χ0v) is 15.2. The largest absolute Gasteiger partial charge is 0.493 e. The van der Waals surface area contributed by atoms with E-state index < -0.39 is 0 Å². The molecule has 0 saturated carbocycles. The van der Waals surface area contributed by atoms with E-state index in [1.807, 2.05) is 0 Å². The van der Waals surface area contributed by atoms with Gasteiger partial charge in [0.1, 0.15) is 5.75 Å². The first-order valence-corrected chi connectivity index (χ1v) is 6.81. The van der Waals surface area contributed by atoms with Crippen molar-refractivity contribution in [1.82, 2.24) is 10.6 Å². The molecule has 0 aliphatic carbocycles. The van der Waals surface area contributed by atoms with Crippen LogP contribution in [0.1, 0.15) is 24.5 Å². The van der Waals surface area contributed by atoms with Crippen molar-refractivity contribution in [3.63, 3.8) is 0 Å². The summed E-state index contributed by atoms with van der Waals surface area (Å²) in [6.07, 6.45) is 6.21. The van der Waals surface area contributed by atoms with E-state index in [1.165, 1.54) is 5.56 Å². The summed E-state index contributed by atoms with van der Waals surface area (Å²) in [5.74, 6) is 4.13. The van der Waals surface area contributed by atoms with Crippen LogP contribution in [0.25, 0.3) is 0 Å². The second kappa shape index (κ2) is 11.3. The lowest BCUT2D eigenvalue weighted by Crippen LogP contribution is -2.37. The van der Waals surface area contributed by atoms with Gasteiger partial charge in [-0.25, -0.2) is 0 Å². The van der Waals surface area contributed by atoms with Gasteiger partial charge >= 0.3 is 0 Å². The Morgan fingerprint density at radius 3 is 2.76 bits per heavy atom. The molecule has 0 heterocycles. The van der Waals surface area contributed by atoms with Crippen molar-refractivity contribution in [3.05, 3.63) is 29.3 Å². The minimum Gasteiger partial charge on any atom is -0.493 e. The summed E-state index contributed by atoms with van der Waals surface area (Å²) in [5.41, 5.74) is 2.29. The van der Waals surface area contributed by atoms with E-state index in [0.717, 1.165) is 24.3 Å². The number of nitrogens with zero attached hydrogens (tertiary/aromatic N) is 1. The maximum absolute atomic E-state index is 5.78. The fourth-order valence-corrected chi connectivity index (χ4v) is 1.69. The zero-order valence-electron chi connectivity index (χ0n) is 12.9. The Morgan fingerprint density at radius 1 is 1.38 bits per heavy atom. The average molecular weight is 401 g/mol. The Bertz CT molecular complexity index is 495. The highest BCUT2D eigenvalue weighted by Crippen LogP contribution is 2.20. The molecule has 0 bridgehead atoms. The first-order valence-electron chi connectivity index (χ1n) is 6.81. The van der Waals surface area contributed by atoms with E-state index in [4.69, 9.17) is 11.2 Å². The number of halogens is 1. The van der Waals surface area contributed by atoms with Crippen molar-refractivity contribution < 1.29 is 4.74 Å². The van der Waals surface area contributed by atoms with Gasteiger partial charge in [-0.15, -0.1) is 30.4 Å². The molecule has 1 rings (SSSR count). The molecule has 0 atom stereocenters. The lowest BCUT2D eigenvalue weighted by Gasteiger charge is -2.14. The Labute approximate surface area is 144 Å². The quantitative estimate of drug-likeness (QED) is 0.334. The molecule has 0 aromatic heterocycles. The summed E-state index contributed by atoms with van der Waals surface area (Å²) in [6.45, 7) is 5.97. The summed E-state index contributed by atoms with van der Waals surface area (Å²) < 4.78 is 5.78. The van der Waals surface area contributed by atoms with Crippen molar-refractivity contribution in [2.45, 2.75) is 26.8 Å². The van der Waals surface area contributed by atoms with Gasteiger partial charge in [0.25, 0.3) is 0 Å². The Kier molecular flexibility index (Phi) is 10.5. The van der Waals surface area contributed by atoms with Crippen LogP contribution in [0, 0.1) is 19.3 Å². The van der Waals surface area contributed by atoms with Gasteiger partial charge in [0, 0.05) is 19.2 Å². The van der Waals surface area contributed by atoms with E-state index in [-0.39, 0.29) is 24.0 Å². The SMILES string of the molecule is C#CCNC(=NC)NCc1ccc(C)cc1OCCC.I. The molecule has 21 heavy (non-hydrogen) atoms. The van der Waals surface area contributed by atoms with Crippen LogP contribution in [0.15, 0.2) is 23.2 Å². The van der Waals surface area contributed by atoms with Crippen LogP contribution >= 0.6 is 24.0 Å². The van der Waals surface area contributed by atoms with Gasteiger partial charge in [-0.3, -0.25) is 4.99 Å². The molecule has 116 valence electrons. The number of rotatable bonds is 6. The molecule has 2 N–H and O–H groups in total. The van der Waals surface area contributed by atoms with Crippen molar-refractivity contribution in [1.29, 1.82) is 0 Å². The first-order chi connectivity index (χ1) is 9.71. The van der Waals surface area contributed by atoms with E-state index in [2.05, 4.69) is 53.6 Å². The van der Waals surface area contributed by atoms with E-state index in [1.54, 1.807) is 7.05 Å². The molecular weight excluding hydrogens is 377 g/mol. The Balaban J connectivity index is 0.00000400. The highest BCUT2D eigenvalue weighted by Gasteiger charge is 2.05. The molecule has 0 fully saturated rings. The van der Waals surface area contributed by atoms with Gasteiger partial charge in [-0.2, -0.15) is 0 Å². The van der Waals surface area contributed by atoms with Crippen molar-refractivity contribution >= 4 is 29.9 Å². The third-order valence-electron chi connectivity index (χ3n) is 2.71. The van der Waals surface area contributed by atoms with Crippen LogP contribution in [-0.4, -0.2) is 26.2 Å². The predicted molar refractivity (Wildman–Crippen MR) is 99.4 cm³/mol. The molecule has 1 aromatic carbocycles. The molecule has 4 nitrogen and oxygen atoms in total. The highest BCUT2D eigenvalue weighted by atomic mass is 127. The topological polar surface area (TPSA) is 45.7 Å². The van der Waals surface area contributed by atoms with Gasteiger partial charge in [0.05, 0.1) is 13.2 Å². The van der Waals surface area contributed by atoms with Crippen LogP contribution in [0.2, 0.25) is 0 Å². The standard InChI is InChI=1S/C16H23N3O.HI/c1-5-9-18-16(17-4)19-12-14-8-7-13(3)11-15(14)20-10-6-2;/h1,7-8,11H,6,9-10,12H2,2-4H3,(H2,17,18,19);1H. The van der Waals surface area contributed by atoms with E-state index >= 15 is 0 Å². The van der Waals surface area contributed by atoms with Gasteiger partial charge in [-0.05, 0) is 25.0 Å². The number of hydrogen-bond donors (Lipinski definition) is 2. The fraction of sp³-hybridized carbons (Fsp3) is 0.438. The van der Waals surface area contributed by atoms with Crippen molar-refractivity contribution in [3.8, 4) is 18.1 Å². The Hall–Kier alpha value is -1.42. The molecule has 0 radical (unpaired) electrons. The lowest BCUT2D eigenvalue weighted by molar-refractivity contribution is 0.313. The summed E-state index contributed by atoms with van der Waals surface area (Å²) in [6, 6.07) is 6.21. The summed E-state index contributed by atoms with van der Waals surface area (Å²) in [5, 5.41) is 6.25. The van der Waals surface area contributed by atoms with Crippen LogP contribution < -0.4 is 15.4 Å². The summed E-state index contributed by atoms with van der Waals surface area (Å²) in [7, 11) is 1.72. The third-order valence-corrected chi connectivity index (χ3v) is 2.71. The zero-order chi connectivity index (χ0) is 14.8. The van der Waals surface area contributed by atoms with E-state index in [0.29, 0.717) is 19.0 Å². The van der Waals surface area contributed by atoms with Gasteiger partial charge in [0.2, 0.25) is 0 Å². The number of ether oxygens (including phenoxy) is 1. The van der Waals surface area contributed by atoms with Crippen molar-refractivity contribution in [2.24, 2.45) is 4.99 Å². The molecule has 0 amide bonds. The molecule has 0 aliphatic heterocycles. The molecule has 1 aromatic rings. The minimum atomic E-state index is 0. The fourth-order valence-electron chi connectivity index (χ4n) is 1.69. The molecular formula is C16H24IN3O. The number of nitrogens with one attached hydrogen (secondary N) is 2. The van der Waals surface area contributed by atoms with Gasteiger partial charge < -0.3 is 15.4 Å². The normalized spacial score (nSPS) is 10.3. The summed E-state index contributed by atoms with van der Waals surface area (Å²) in [4.78, 5) is 4.11. The number of aryl methyl sites for hydroxylation is 1. The van der Waals surface area contributed by atoms with Gasteiger partial charge in [0.15, 0.2) is 5.96 Å². The average Bonchev–Trinajstić information content (AvgIpc) is 2.46. The molecule has 0 aliphatic rings. The third kappa shape index (κ3) is 7.23. The number of guanidine groups is 1. The second-order valence-corrected chi connectivity index (χ2v) is 4.44. The van der Waals surface area contributed by atoms with Gasteiger partial charge in [-0.1, -0.05) is 25.0 Å². The van der Waals surface area contributed by atoms with Crippen LogP contribution in [0.5, 0.6) is 5.75 Å². The smallest absolute Gasteiger partial charge is 0.192 e. The molecule has 0 spiro atoms. The Morgan fingerprint density at radius 2 is 2.14 bits per heavy atom. The lowest BCUT2D eigenvalue weighted by atomic mass is 10.1. The maximum Gasteiger partial charge on any atom is 0.192 e. The first kappa shape index (κ1) is 19.6. The highest BCUT2D eigenvalue weighted by molar-refractivity contribution is 14.0. The maximum atomic E-state index is 5.78. The number of benzene rings is 1. The van der Waals surface area contributed by atoms with Crippen molar-refractivity contribution in [2.75, 3.05) is 20.2 Å². The molecule has 0 saturated heterocycles. The second-order valence-electron chi connectivity index (χ2n) is 4.44. The van der Waals surface area contributed by atoms with Crippen LogP contribution in [-0.2, 0) is 6.54 Å². The summed E-state index contributed by atoms with van der Waals surface area (Å²) >= 11 is 0. The van der Waals surface area contributed by atoms with Crippen LogP contribution in [0.3, 0.4) is 0 Å². The molecule has 5 heteroatoms. The number of aliphatic imine (C=N–C) groups is 1. The number of hydrogen-bond acceptors (Lipinski definition) is 2. The predicted octanol–water partition coefficient (Wildman–Crippen LogP) is 2.70. The van der Waals surface area contributed by atoms with E-state index in [9.17, 15) is 0 Å². The minimum absolute atomic E-state index is 0. The molecule has 0 unspecified atom stereocenters. The van der Waals surface area contributed by atoms with Crippen LogP contribution in [0.4, 0.5) is 0 Å². The number of terminal acetylenes is 1. The monoisotopic (exact) mass is 401 g/mol.